The van der Waals surface area contributed by atoms with Gasteiger partial charge in [0, 0.05) is 37.7 Å². The van der Waals surface area contributed by atoms with E-state index in [4.69, 9.17) is 0 Å². The van der Waals surface area contributed by atoms with E-state index < -0.39 is 10.0 Å². The van der Waals surface area contributed by atoms with Crippen LogP contribution in [0.5, 0.6) is 0 Å². The first-order chi connectivity index (χ1) is 16.7. The third-order valence-electron chi connectivity index (χ3n) is 7.57. The van der Waals surface area contributed by atoms with Crippen molar-refractivity contribution in [2.24, 2.45) is 11.8 Å². The van der Waals surface area contributed by atoms with Crippen LogP contribution in [0.2, 0.25) is 0 Å². The number of nitrogens with zero attached hydrogens (tertiary/aromatic N) is 2. The minimum absolute atomic E-state index is 0.117. The van der Waals surface area contributed by atoms with E-state index in [0.717, 1.165) is 38.8 Å². The Morgan fingerprint density at radius 3 is 2.20 bits per heavy atom. The fourth-order valence-corrected chi connectivity index (χ4v) is 6.71. The van der Waals surface area contributed by atoms with Crippen LogP contribution in [0.4, 0.5) is 0 Å². The first kappa shape index (κ1) is 25.6. The lowest BCUT2D eigenvalue weighted by Gasteiger charge is -2.37. The van der Waals surface area contributed by atoms with Gasteiger partial charge in [0.2, 0.25) is 15.9 Å². The Hall–Kier alpha value is -2.51. The van der Waals surface area contributed by atoms with Crippen molar-refractivity contribution in [2.45, 2.75) is 57.3 Å². The summed E-state index contributed by atoms with van der Waals surface area (Å²) in [7, 11) is -3.67. The van der Waals surface area contributed by atoms with E-state index in [0.29, 0.717) is 37.4 Å². The summed E-state index contributed by atoms with van der Waals surface area (Å²) in [6.45, 7) is 5.79. The van der Waals surface area contributed by atoms with Crippen LogP contribution in [0, 0.1) is 18.8 Å². The van der Waals surface area contributed by atoms with E-state index in [1.165, 1.54) is 34.5 Å². The predicted molar refractivity (Wildman–Crippen MR) is 137 cm³/mol. The van der Waals surface area contributed by atoms with Gasteiger partial charge in [-0.1, -0.05) is 42.0 Å². The number of benzene rings is 2. The first-order valence-corrected chi connectivity index (χ1v) is 14.1. The molecule has 1 amide bonds. The molecule has 7 heteroatoms. The molecule has 0 saturated carbocycles. The van der Waals surface area contributed by atoms with Crippen LogP contribution >= 0.6 is 0 Å². The normalized spacial score (nSPS) is 18.5. The summed E-state index contributed by atoms with van der Waals surface area (Å²) in [6.07, 6.45) is 5.40. The zero-order valence-corrected chi connectivity index (χ0v) is 21.6. The average Bonchev–Trinajstić information content (AvgIpc) is 2.88. The van der Waals surface area contributed by atoms with Gasteiger partial charge in [-0.15, -0.1) is 0 Å². The molecule has 0 aromatic heterocycles. The second-order valence-corrected chi connectivity index (χ2v) is 12.0. The largest absolute Gasteiger partial charge is 0.342 e. The van der Waals surface area contributed by atoms with Gasteiger partial charge in [-0.3, -0.25) is 9.59 Å². The van der Waals surface area contributed by atoms with Crippen LogP contribution < -0.4 is 0 Å². The summed E-state index contributed by atoms with van der Waals surface area (Å²) in [4.78, 5) is 26.9. The molecule has 35 heavy (non-hydrogen) atoms. The Kier molecular flexibility index (Phi) is 8.07. The van der Waals surface area contributed by atoms with Crippen molar-refractivity contribution in [3.05, 3.63) is 65.2 Å². The van der Waals surface area contributed by atoms with Gasteiger partial charge in [0.1, 0.15) is 0 Å². The number of rotatable bonds is 7. The molecule has 4 rings (SSSR count). The summed E-state index contributed by atoms with van der Waals surface area (Å²) in [6, 6.07) is 14.9. The molecule has 2 saturated heterocycles. The van der Waals surface area contributed by atoms with Crippen molar-refractivity contribution < 1.29 is 18.0 Å². The maximum Gasteiger partial charge on any atom is 0.243 e. The SMILES string of the molecule is CC(=O)c1cccc(S(=O)(=O)N2CCC(C(=O)N3CCC(CCc4ccc(C)cc4)CC3)CC2)c1. The van der Waals surface area contributed by atoms with E-state index in [1.54, 1.807) is 12.1 Å². The minimum atomic E-state index is -3.67. The second kappa shape index (κ2) is 11.0. The van der Waals surface area contributed by atoms with Crippen LogP contribution in [0.1, 0.15) is 60.5 Å². The van der Waals surface area contributed by atoms with Gasteiger partial charge in [0.15, 0.2) is 5.78 Å². The Morgan fingerprint density at radius 1 is 0.914 bits per heavy atom. The van der Waals surface area contributed by atoms with Crippen molar-refractivity contribution in [2.75, 3.05) is 26.2 Å². The first-order valence-electron chi connectivity index (χ1n) is 12.7. The number of carbonyl (C=O) groups excluding carboxylic acids is 2. The maximum absolute atomic E-state index is 13.1. The standard InChI is InChI=1S/C28H36N2O4S/c1-21-6-8-23(9-7-21)10-11-24-12-16-29(17-13-24)28(32)25-14-18-30(19-15-25)35(33,34)27-5-3-4-26(20-27)22(2)31/h3-9,20,24-25H,10-19H2,1-2H3. The van der Waals surface area contributed by atoms with E-state index >= 15 is 0 Å². The fourth-order valence-electron chi connectivity index (χ4n) is 5.19. The number of carbonyl (C=O) groups is 2. The summed E-state index contributed by atoms with van der Waals surface area (Å²) in [5, 5.41) is 0. The summed E-state index contributed by atoms with van der Waals surface area (Å²) < 4.78 is 27.6. The number of hydrogen-bond acceptors (Lipinski definition) is 4. The number of sulfonamides is 1. The lowest BCUT2D eigenvalue weighted by molar-refractivity contribution is -0.138. The predicted octanol–water partition coefficient (Wildman–Crippen LogP) is 4.47. The fraction of sp³-hybridized carbons (Fsp3) is 0.500. The molecule has 0 radical (unpaired) electrons. The number of ketones is 1. The van der Waals surface area contributed by atoms with Gasteiger partial charge in [0.25, 0.3) is 0 Å². The molecule has 0 spiro atoms. The molecule has 0 unspecified atom stereocenters. The quantitative estimate of drug-likeness (QED) is 0.530. The van der Waals surface area contributed by atoms with Crippen LogP contribution in [0.15, 0.2) is 53.4 Å². The van der Waals surface area contributed by atoms with Crippen LogP contribution in [-0.2, 0) is 21.2 Å². The van der Waals surface area contributed by atoms with E-state index in [1.807, 2.05) is 4.90 Å². The van der Waals surface area contributed by atoms with Crippen molar-refractivity contribution in [1.29, 1.82) is 0 Å². The van der Waals surface area contributed by atoms with Gasteiger partial charge in [0.05, 0.1) is 4.90 Å². The Balaban J connectivity index is 1.25. The number of aryl methyl sites for hydroxylation is 2. The van der Waals surface area contributed by atoms with Crippen molar-refractivity contribution in [1.82, 2.24) is 9.21 Å². The highest BCUT2D eigenvalue weighted by Gasteiger charge is 2.35. The molecule has 0 aliphatic carbocycles. The summed E-state index contributed by atoms with van der Waals surface area (Å²) >= 11 is 0. The molecule has 2 aromatic rings. The van der Waals surface area contributed by atoms with Gasteiger partial charge >= 0.3 is 0 Å². The van der Waals surface area contributed by atoms with E-state index in [2.05, 4.69) is 31.2 Å². The van der Waals surface area contributed by atoms with Crippen molar-refractivity contribution in [3.8, 4) is 0 Å². The molecule has 2 aromatic carbocycles. The lowest BCUT2D eigenvalue weighted by atomic mass is 9.89. The molecular weight excluding hydrogens is 460 g/mol. The molecule has 0 atom stereocenters. The molecule has 6 nitrogen and oxygen atoms in total. The monoisotopic (exact) mass is 496 g/mol. The minimum Gasteiger partial charge on any atom is -0.342 e. The molecule has 2 aliphatic rings. The summed E-state index contributed by atoms with van der Waals surface area (Å²) in [5.74, 6) is 0.551. The van der Waals surface area contributed by atoms with Gasteiger partial charge in [-0.25, -0.2) is 8.42 Å². The number of hydrogen-bond donors (Lipinski definition) is 0. The Bertz CT molecular complexity index is 1140. The highest BCUT2D eigenvalue weighted by Crippen LogP contribution is 2.28. The van der Waals surface area contributed by atoms with Crippen LogP contribution in [-0.4, -0.2) is 55.5 Å². The van der Waals surface area contributed by atoms with Crippen molar-refractivity contribution >= 4 is 21.7 Å². The molecule has 188 valence electrons. The van der Waals surface area contributed by atoms with Gasteiger partial charge in [-0.2, -0.15) is 4.31 Å². The Morgan fingerprint density at radius 2 is 1.57 bits per heavy atom. The molecule has 2 fully saturated rings. The van der Waals surface area contributed by atoms with Gasteiger partial charge < -0.3 is 4.90 Å². The van der Waals surface area contributed by atoms with Gasteiger partial charge in [-0.05, 0) is 76.0 Å². The molecule has 0 bridgehead atoms. The van der Waals surface area contributed by atoms with Crippen molar-refractivity contribution in [3.63, 3.8) is 0 Å². The van der Waals surface area contributed by atoms with E-state index in [-0.39, 0.29) is 22.5 Å². The van der Waals surface area contributed by atoms with Crippen LogP contribution in [0.3, 0.4) is 0 Å². The molecular formula is C28H36N2O4S. The molecule has 2 aliphatic heterocycles. The second-order valence-electron chi connectivity index (χ2n) is 10.1. The van der Waals surface area contributed by atoms with E-state index in [9.17, 15) is 18.0 Å². The number of piperidine rings is 2. The number of Topliss-reactive ketones (excluding diaryl/α,β-unsaturated/α-hetero) is 1. The molecule has 2 heterocycles. The average molecular weight is 497 g/mol. The third-order valence-corrected chi connectivity index (χ3v) is 9.46. The highest BCUT2D eigenvalue weighted by molar-refractivity contribution is 7.89. The zero-order chi connectivity index (χ0) is 25.0. The summed E-state index contributed by atoms with van der Waals surface area (Å²) in [5.41, 5.74) is 3.05. The third kappa shape index (κ3) is 6.19. The highest BCUT2D eigenvalue weighted by atomic mass is 32.2. The smallest absolute Gasteiger partial charge is 0.243 e. The number of amides is 1. The topological polar surface area (TPSA) is 74.8 Å². The lowest BCUT2D eigenvalue weighted by Crippen LogP contribution is -2.46. The number of likely N-dealkylation sites (tertiary alicyclic amines) is 1. The Labute approximate surface area is 209 Å². The zero-order valence-electron chi connectivity index (χ0n) is 20.8. The molecule has 0 N–H and O–H groups in total. The van der Waals surface area contributed by atoms with Crippen LogP contribution in [0.25, 0.3) is 0 Å². The maximum atomic E-state index is 13.1.